The molecule has 6 nitrogen and oxygen atoms in total. The third-order valence-corrected chi connectivity index (χ3v) is 4.42. The van der Waals surface area contributed by atoms with Crippen molar-refractivity contribution in [1.82, 2.24) is 10.3 Å². The van der Waals surface area contributed by atoms with Crippen LogP contribution in [0.5, 0.6) is 0 Å². The molecule has 1 aliphatic rings. The van der Waals surface area contributed by atoms with E-state index in [0.717, 1.165) is 31.9 Å². The number of hydrogen-bond donors (Lipinski definition) is 2. The monoisotopic (exact) mass is 384 g/mol. The van der Waals surface area contributed by atoms with Crippen molar-refractivity contribution in [2.75, 3.05) is 36.4 Å². The van der Waals surface area contributed by atoms with Gasteiger partial charge in [-0.15, -0.1) is 0 Å². The Balaban J connectivity index is 0.00000109. The maximum absolute atomic E-state index is 14.1. The standard InChI is InChI=1S/C19H19FN4O2.C2H6/c1-12-22-18-16(20)10-14(11-17(18)26-12)23-19(25)13-2-4-15(5-3-13)24-8-6-21-7-9-24;1-2/h2-5,10-11,21H,6-9H2,1H3,(H,23,25);1-2H3. The number of amides is 1. The highest BCUT2D eigenvalue weighted by Gasteiger charge is 2.14. The summed E-state index contributed by atoms with van der Waals surface area (Å²) >= 11 is 0. The first-order valence-electron chi connectivity index (χ1n) is 9.54. The van der Waals surface area contributed by atoms with Gasteiger partial charge in [-0.1, -0.05) is 13.8 Å². The average Bonchev–Trinajstić information content (AvgIpc) is 3.11. The summed E-state index contributed by atoms with van der Waals surface area (Å²) in [5.41, 5.74) is 2.42. The molecule has 28 heavy (non-hydrogen) atoms. The SMILES string of the molecule is CC.Cc1nc2c(F)cc(NC(=O)c3ccc(N4CCNCC4)cc3)cc2o1. The van der Waals surface area contributed by atoms with Crippen LogP contribution in [0.4, 0.5) is 15.8 Å². The number of halogens is 1. The van der Waals surface area contributed by atoms with Crippen molar-refractivity contribution in [1.29, 1.82) is 0 Å². The number of aromatic nitrogens is 1. The van der Waals surface area contributed by atoms with Crippen LogP contribution in [0.3, 0.4) is 0 Å². The van der Waals surface area contributed by atoms with Gasteiger partial charge >= 0.3 is 0 Å². The molecule has 1 fully saturated rings. The fraction of sp³-hybridized carbons (Fsp3) is 0.333. The summed E-state index contributed by atoms with van der Waals surface area (Å²) in [6.45, 7) is 9.45. The van der Waals surface area contributed by atoms with E-state index >= 15 is 0 Å². The van der Waals surface area contributed by atoms with E-state index in [1.165, 1.54) is 6.07 Å². The minimum absolute atomic E-state index is 0.167. The lowest BCUT2D eigenvalue weighted by Gasteiger charge is -2.29. The van der Waals surface area contributed by atoms with Gasteiger partial charge in [-0.2, -0.15) is 0 Å². The number of aryl methyl sites for hydroxylation is 1. The number of nitrogens with one attached hydrogen (secondary N) is 2. The molecule has 0 unspecified atom stereocenters. The van der Waals surface area contributed by atoms with Gasteiger partial charge in [0.25, 0.3) is 5.91 Å². The van der Waals surface area contributed by atoms with Crippen molar-refractivity contribution in [2.45, 2.75) is 20.8 Å². The fourth-order valence-corrected chi connectivity index (χ4v) is 3.12. The lowest BCUT2D eigenvalue weighted by atomic mass is 10.1. The van der Waals surface area contributed by atoms with E-state index in [0.29, 0.717) is 22.7 Å². The summed E-state index contributed by atoms with van der Waals surface area (Å²) in [6.07, 6.45) is 0. The second kappa shape index (κ2) is 8.84. The zero-order valence-electron chi connectivity index (χ0n) is 16.4. The molecule has 1 aromatic heterocycles. The summed E-state index contributed by atoms with van der Waals surface area (Å²) in [7, 11) is 0. The number of oxazole rings is 1. The molecule has 0 spiro atoms. The average molecular weight is 384 g/mol. The van der Waals surface area contributed by atoms with Crippen molar-refractivity contribution in [3.05, 3.63) is 53.7 Å². The van der Waals surface area contributed by atoms with E-state index in [4.69, 9.17) is 4.42 Å². The van der Waals surface area contributed by atoms with E-state index in [-0.39, 0.29) is 11.4 Å². The Hall–Kier alpha value is -2.93. The van der Waals surface area contributed by atoms with Crippen LogP contribution in [-0.2, 0) is 0 Å². The molecule has 1 amide bonds. The zero-order chi connectivity index (χ0) is 20.1. The van der Waals surface area contributed by atoms with Crippen molar-refractivity contribution in [3.63, 3.8) is 0 Å². The molecule has 1 aliphatic heterocycles. The Labute approximate surface area is 163 Å². The summed E-state index contributed by atoms with van der Waals surface area (Å²) in [4.78, 5) is 18.7. The smallest absolute Gasteiger partial charge is 0.255 e. The summed E-state index contributed by atoms with van der Waals surface area (Å²) in [5.74, 6) is -0.443. The third kappa shape index (κ3) is 4.31. The fourth-order valence-electron chi connectivity index (χ4n) is 3.12. The Morgan fingerprint density at radius 3 is 2.54 bits per heavy atom. The first-order valence-corrected chi connectivity index (χ1v) is 9.54. The van der Waals surface area contributed by atoms with Crippen LogP contribution in [0.15, 0.2) is 40.8 Å². The molecule has 148 valence electrons. The highest BCUT2D eigenvalue weighted by atomic mass is 19.1. The number of carbonyl (C=O) groups is 1. The van der Waals surface area contributed by atoms with Crippen LogP contribution in [0.2, 0.25) is 0 Å². The third-order valence-electron chi connectivity index (χ3n) is 4.42. The van der Waals surface area contributed by atoms with Crippen LogP contribution in [0.1, 0.15) is 30.1 Å². The molecule has 2 N–H and O–H groups in total. The van der Waals surface area contributed by atoms with Crippen LogP contribution in [0.25, 0.3) is 11.1 Å². The molecule has 1 saturated heterocycles. The molecule has 0 saturated carbocycles. The first-order chi connectivity index (χ1) is 13.6. The number of piperazine rings is 1. The molecule has 0 aliphatic carbocycles. The minimum atomic E-state index is -0.524. The molecule has 0 radical (unpaired) electrons. The van der Waals surface area contributed by atoms with Crippen LogP contribution < -0.4 is 15.5 Å². The molecule has 2 aromatic carbocycles. The van der Waals surface area contributed by atoms with Gasteiger partial charge in [0.1, 0.15) is 5.52 Å². The normalized spacial score (nSPS) is 13.8. The number of hydrogen-bond acceptors (Lipinski definition) is 5. The molecule has 4 rings (SSSR count). The van der Waals surface area contributed by atoms with Crippen LogP contribution in [0, 0.1) is 12.7 Å². The quantitative estimate of drug-likeness (QED) is 0.715. The molecule has 7 heteroatoms. The van der Waals surface area contributed by atoms with Gasteiger partial charge in [-0.3, -0.25) is 4.79 Å². The van der Waals surface area contributed by atoms with E-state index < -0.39 is 5.82 Å². The Morgan fingerprint density at radius 2 is 1.86 bits per heavy atom. The number of fused-ring (bicyclic) bond motifs is 1. The van der Waals surface area contributed by atoms with Gasteiger partial charge in [0.05, 0.1) is 0 Å². The number of benzene rings is 2. The van der Waals surface area contributed by atoms with Gasteiger partial charge in [0.2, 0.25) is 0 Å². The summed E-state index contributed by atoms with van der Waals surface area (Å²) < 4.78 is 19.4. The summed E-state index contributed by atoms with van der Waals surface area (Å²) in [6, 6.07) is 10.2. The molecule has 0 bridgehead atoms. The van der Waals surface area contributed by atoms with Gasteiger partial charge in [0.15, 0.2) is 17.3 Å². The van der Waals surface area contributed by atoms with Crippen LogP contribution in [-0.4, -0.2) is 37.1 Å². The summed E-state index contributed by atoms with van der Waals surface area (Å²) in [5, 5.41) is 6.02. The molecule has 0 atom stereocenters. The van der Waals surface area contributed by atoms with E-state index in [1.54, 1.807) is 25.1 Å². The Morgan fingerprint density at radius 1 is 1.18 bits per heavy atom. The molecular weight excluding hydrogens is 359 g/mol. The highest BCUT2D eigenvalue weighted by Crippen LogP contribution is 2.24. The lowest BCUT2D eigenvalue weighted by Crippen LogP contribution is -2.43. The van der Waals surface area contributed by atoms with Gasteiger partial charge in [-0.05, 0) is 30.3 Å². The number of carbonyl (C=O) groups excluding carboxylic acids is 1. The zero-order valence-corrected chi connectivity index (χ0v) is 16.4. The topological polar surface area (TPSA) is 70.4 Å². The van der Waals surface area contributed by atoms with Gasteiger partial charge in [-0.25, -0.2) is 9.37 Å². The second-order valence-electron chi connectivity index (χ2n) is 6.28. The number of rotatable bonds is 3. The van der Waals surface area contributed by atoms with E-state index in [2.05, 4.69) is 20.5 Å². The van der Waals surface area contributed by atoms with Crippen molar-refractivity contribution >= 4 is 28.4 Å². The largest absolute Gasteiger partial charge is 0.441 e. The van der Waals surface area contributed by atoms with Crippen molar-refractivity contribution in [3.8, 4) is 0 Å². The molecular formula is C21H25FN4O2. The Kier molecular flexibility index (Phi) is 6.26. The molecule has 2 heterocycles. The Bertz CT molecular complexity index is 947. The maximum atomic E-state index is 14.1. The first kappa shape index (κ1) is 19.8. The highest BCUT2D eigenvalue weighted by molar-refractivity contribution is 6.05. The number of nitrogens with zero attached hydrogens (tertiary/aromatic N) is 2. The van der Waals surface area contributed by atoms with E-state index in [9.17, 15) is 9.18 Å². The second-order valence-corrected chi connectivity index (χ2v) is 6.28. The van der Waals surface area contributed by atoms with Gasteiger partial charge < -0.3 is 20.0 Å². The predicted molar refractivity (Wildman–Crippen MR) is 110 cm³/mol. The van der Waals surface area contributed by atoms with E-state index in [1.807, 2.05) is 26.0 Å². The minimum Gasteiger partial charge on any atom is -0.441 e. The molecule has 3 aromatic rings. The van der Waals surface area contributed by atoms with Crippen molar-refractivity contribution in [2.24, 2.45) is 0 Å². The van der Waals surface area contributed by atoms with Crippen molar-refractivity contribution < 1.29 is 13.6 Å². The predicted octanol–water partition coefficient (Wildman–Crippen LogP) is 3.96. The van der Waals surface area contributed by atoms with Gasteiger partial charge in [0, 0.05) is 56.1 Å². The maximum Gasteiger partial charge on any atom is 0.255 e. The van der Waals surface area contributed by atoms with Crippen LogP contribution >= 0.6 is 0 Å². The number of anilines is 2. The lowest BCUT2D eigenvalue weighted by molar-refractivity contribution is 0.102.